The molecule has 4 amide bonds. The highest BCUT2D eigenvalue weighted by atomic mass is 35.5. The molecule has 5 aliphatic rings. The fourth-order valence-electron chi connectivity index (χ4n) is 11.9. The largest absolute Gasteiger partial charge is 0.494 e. The maximum absolute atomic E-state index is 13.7. The standard InChI is InChI=1S/C57H63ClN11O6P/c1-65-35-39(32-60-65)42-30-46(62-56-59-33-44(58)52(64-56)61-45-13-10-38(28-50(45)76(3,4)74)37-8-6-5-7-9-37)49(75-2)31-48(42)68-22-16-36(17-23-68)34-66-24-18-57(19-25-66)20-26-67(27-21-57)40-11-12-41-43(29-40)55(73)69(54(41)72)47-14-15-51(70)63-53(47)71/h5-13,28-33,35-36,47H,14-27,34H2,1-4H3,(H,63,70,71)(H2,59,61,62,64). The molecule has 0 radical (unpaired) electrons. The molecule has 4 saturated heterocycles. The van der Waals surface area contributed by atoms with Crippen LogP contribution in [0.4, 0.5) is 34.5 Å². The first kappa shape index (κ1) is 51.1. The minimum absolute atomic E-state index is 0.0926. The minimum Gasteiger partial charge on any atom is -0.494 e. The molecule has 2 aromatic heterocycles. The molecule has 0 saturated carbocycles. The third-order valence-corrected chi connectivity index (χ3v) is 18.1. The number of imide groups is 2. The van der Waals surface area contributed by atoms with Gasteiger partial charge in [0.05, 0.1) is 42.0 Å². The number of piperidine rings is 4. The van der Waals surface area contributed by atoms with Crippen LogP contribution in [0, 0.1) is 11.3 Å². The van der Waals surface area contributed by atoms with E-state index in [9.17, 15) is 23.7 Å². The van der Waals surface area contributed by atoms with Gasteiger partial charge in [0.15, 0.2) is 5.82 Å². The molecular formula is C57H63ClN11O6P. The summed E-state index contributed by atoms with van der Waals surface area (Å²) in [5, 5.41) is 14.6. The van der Waals surface area contributed by atoms with Gasteiger partial charge in [-0.05, 0) is 130 Å². The van der Waals surface area contributed by atoms with Crippen molar-refractivity contribution in [1.29, 1.82) is 0 Å². The highest BCUT2D eigenvalue weighted by Crippen LogP contribution is 2.46. The number of amides is 4. The number of nitrogens with one attached hydrogen (secondary N) is 3. The maximum Gasteiger partial charge on any atom is 0.262 e. The van der Waals surface area contributed by atoms with Crippen LogP contribution in [0.5, 0.6) is 5.75 Å². The summed E-state index contributed by atoms with van der Waals surface area (Å²) in [6.45, 7) is 10.3. The van der Waals surface area contributed by atoms with Gasteiger partial charge in [0, 0.05) is 86.3 Å². The van der Waals surface area contributed by atoms with Gasteiger partial charge in [0.2, 0.25) is 17.8 Å². The summed E-state index contributed by atoms with van der Waals surface area (Å²) in [6, 6.07) is 24.5. The van der Waals surface area contributed by atoms with Crippen molar-refractivity contribution < 1.29 is 28.5 Å². The smallest absolute Gasteiger partial charge is 0.262 e. The van der Waals surface area contributed by atoms with E-state index in [-0.39, 0.29) is 18.7 Å². The second kappa shape index (κ2) is 20.8. The van der Waals surface area contributed by atoms with Crippen LogP contribution in [0.15, 0.2) is 97.5 Å². The molecule has 6 aromatic rings. The Morgan fingerprint density at radius 1 is 0.763 bits per heavy atom. The molecule has 19 heteroatoms. The van der Waals surface area contributed by atoms with Crippen molar-refractivity contribution >= 4 is 82.2 Å². The number of methoxy groups -OCH3 is 1. The molecule has 4 aromatic carbocycles. The molecule has 3 N–H and O–H groups in total. The lowest BCUT2D eigenvalue weighted by atomic mass is 9.71. The monoisotopic (exact) mass is 1060 g/mol. The lowest BCUT2D eigenvalue weighted by Gasteiger charge is -2.48. The van der Waals surface area contributed by atoms with Gasteiger partial charge in [-0.2, -0.15) is 10.1 Å². The molecule has 1 spiro atoms. The van der Waals surface area contributed by atoms with E-state index in [0.717, 1.165) is 123 Å². The predicted molar refractivity (Wildman–Crippen MR) is 297 cm³/mol. The number of likely N-dealkylation sites (tertiary alicyclic amines) is 1. The summed E-state index contributed by atoms with van der Waals surface area (Å²) >= 11 is 6.72. The van der Waals surface area contributed by atoms with Crippen molar-refractivity contribution in [3.05, 3.63) is 114 Å². The SMILES string of the molecule is COc1cc(N2CCC(CN3CCC4(CC3)CCN(c3ccc5c(c3)C(=O)N(C3CCC(=O)NC3=O)C5=O)CC4)CC2)c(-c2cnn(C)c2)cc1Nc1ncc(Cl)c(Nc2ccc(-c3ccccc3)cc2P(C)(C)=O)n1. The van der Waals surface area contributed by atoms with Crippen molar-refractivity contribution in [2.75, 3.05) is 86.7 Å². The van der Waals surface area contributed by atoms with E-state index in [1.54, 1.807) is 32.7 Å². The Labute approximate surface area is 447 Å². The Bertz CT molecular complexity index is 3280. The number of hydrogen-bond donors (Lipinski definition) is 3. The van der Waals surface area contributed by atoms with Gasteiger partial charge in [-0.1, -0.05) is 48.0 Å². The van der Waals surface area contributed by atoms with Crippen molar-refractivity contribution in [1.82, 2.24) is 34.9 Å². The molecule has 1 atom stereocenters. The number of aryl methyl sites for hydroxylation is 1. The van der Waals surface area contributed by atoms with E-state index in [4.69, 9.17) is 21.3 Å². The molecule has 1 unspecified atom stereocenters. The van der Waals surface area contributed by atoms with Gasteiger partial charge in [0.1, 0.15) is 24.0 Å². The number of nitrogens with zero attached hydrogens (tertiary/aromatic N) is 8. The van der Waals surface area contributed by atoms with Gasteiger partial charge in [-0.25, -0.2) is 4.98 Å². The molecular weight excluding hydrogens is 1000 g/mol. The molecule has 4 fully saturated rings. The zero-order chi connectivity index (χ0) is 52.9. The summed E-state index contributed by atoms with van der Waals surface area (Å²) in [7, 11) is 0.845. The van der Waals surface area contributed by atoms with Gasteiger partial charge < -0.3 is 34.6 Å². The first-order chi connectivity index (χ1) is 36.6. The highest BCUT2D eigenvalue weighted by molar-refractivity contribution is 7.70. The number of halogens is 1. The molecule has 17 nitrogen and oxygen atoms in total. The predicted octanol–water partition coefficient (Wildman–Crippen LogP) is 8.94. The lowest BCUT2D eigenvalue weighted by molar-refractivity contribution is -0.136. The van der Waals surface area contributed by atoms with Crippen LogP contribution in [0.2, 0.25) is 5.02 Å². The summed E-state index contributed by atoms with van der Waals surface area (Å²) < 4.78 is 21.5. The van der Waals surface area contributed by atoms with E-state index in [0.29, 0.717) is 61.7 Å². The second-order valence-electron chi connectivity index (χ2n) is 21.5. The van der Waals surface area contributed by atoms with Crippen molar-refractivity contribution in [3.8, 4) is 28.0 Å². The quantitative estimate of drug-likeness (QED) is 0.0735. The Hall–Kier alpha value is -7.07. The van der Waals surface area contributed by atoms with Crippen LogP contribution in [-0.4, -0.2) is 125 Å². The van der Waals surface area contributed by atoms with Crippen molar-refractivity contribution in [2.45, 2.75) is 57.4 Å². The summed E-state index contributed by atoms with van der Waals surface area (Å²) in [6.07, 6.45) is 12.3. The van der Waals surface area contributed by atoms with Crippen LogP contribution in [0.1, 0.15) is 72.1 Å². The zero-order valence-corrected chi connectivity index (χ0v) is 45.0. The number of fused-ring (bicyclic) bond motifs is 1. The van der Waals surface area contributed by atoms with Crippen LogP contribution in [-0.2, 0) is 21.2 Å². The number of carbonyl (C=O) groups is 4. The third kappa shape index (κ3) is 10.3. The number of anilines is 6. The van der Waals surface area contributed by atoms with Crippen LogP contribution < -0.4 is 35.8 Å². The fraction of sp³-hybridized carbons (Fsp3) is 0.386. The zero-order valence-electron chi connectivity index (χ0n) is 43.4. The van der Waals surface area contributed by atoms with Crippen molar-refractivity contribution in [2.24, 2.45) is 18.4 Å². The van der Waals surface area contributed by atoms with E-state index >= 15 is 0 Å². The molecule has 7 heterocycles. The number of carbonyl (C=O) groups excluding carboxylic acids is 4. The number of ether oxygens (including phenoxy) is 1. The van der Waals surface area contributed by atoms with E-state index in [2.05, 4.69) is 52.9 Å². The van der Waals surface area contributed by atoms with Crippen LogP contribution in [0.3, 0.4) is 0 Å². The summed E-state index contributed by atoms with van der Waals surface area (Å²) in [5.74, 6) is -0.0414. The highest BCUT2D eigenvalue weighted by Gasteiger charge is 2.45. The molecule has 5 aliphatic heterocycles. The van der Waals surface area contributed by atoms with Gasteiger partial charge in [0.25, 0.3) is 11.8 Å². The minimum atomic E-state index is -2.74. The normalized spacial score (nSPS) is 19.3. The molecule has 76 heavy (non-hydrogen) atoms. The number of hydrogen-bond acceptors (Lipinski definition) is 14. The van der Waals surface area contributed by atoms with Crippen LogP contribution in [0.25, 0.3) is 22.3 Å². The molecule has 0 bridgehead atoms. The first-order valence-electron chi connectivity index (χ1n) is 26.2. The number of benzene rings is 4. The van der Waals surface area contributed by atoms with Gasteiger partial charge >= 0.3 is 0 Å². The lowest BCUT2D eigenvalue weighted by Crippen LogP contribution is -2.54. The average Bonchev–Trinajstić information content (AvgIpc) is 3.97. The molecule has 394 valence electrons. The van der Waals surface area contributed by atoms with Crippen molar-refractivity contribution in [3.63, 3.8) is 0 Å². The molecule has 0 aliphatic carbocycles. The Kier molecular flexibility index (Phi) is 14.0. The summed E-state index contributed by atoms with van der Waals surface area (Å²) in [5.41, 5.74) is 8.24. The molecule has 11 rings (SSSR count). The first-order valence-corrected chi connectivity index (χ1v) is 29.2. The summed E-state index contributed by atoms with van der Waals surface area (Å²) in [4.78, 5) is 69.0. The number of aromatic nitrogens is 4. The Balaban J connectivity index is 0.714. The number of rotatable bonds is 13. The van der Waals surface area contributed by atoms with Gasteiger partial charge in [-0.15, -0.1) is 0 Å². The van der Waals surface area contributed by atoms with E-state index in [1.165, 1.54) is 0 Å². The third-order valence-electron chi connectivity index (χ3n) is 16.3. The topological polar surface area (TPSA) is 187 Å². The van der Waals surface area contributed by atoms with E-state index in [1.807, 2.05) is 84.8 Å². The maximum atomic E-state index is 13.7. The van der Waals surface area contributed by atoms with Crippen LogP contribution >= 0.6 is 18.7 Å². The average molecular weight is 1060 g/mol. The fourth-order valence-corrected chi connectivity index (χ4v) is 13.2. The second-order valence-corrected chi connectivity index (χ2v) is 25.0. The van der Waals surface area contributed by atoms with Gasteiger partial charge in [-0.3, -0.25) is 34.1 Å². The Morgan fingerprint density at radius 3 is 2.20 bits per heavy atom. The Morgan fingerprint density at radius 2 is 1.50 bits per heavy atom. The van der Waals surface area contributed by atoms with E-state index < -0.39 is 30.9 Å².